The average Bonchev–Trinajstić information content (AvgIpc) is 3.31. The van der Waals surface area contributed by atoms with Gasteiger partial charge in [0.15, 0.2) is 5.13 Å². The number of carbonyl (C=O) groups excluding carboxylic acids is 2. The molecule has 0 saturated heterocycles. The molecule has 0 aliphatic heterocycles. The highest BCUT2D eigenvalue weighted by molar-refractivity contribution is 7.17. The molecule has 9 heteroatoms. The van der Waals surface area contributed by atoms with Crippen LogP contribution in [0.15, 0.2) is 24.3 Å². The van der Waals surface area contributed by atoms with Crippen molar-refractivity contribution in [1.82, 2.24) is 4.98 Å². The summed E-state index contributed by atoms with van der Waals surface area (Å²) in [5, 5.41) is 2.81. The number of aryl methyl sites for hydroxylation is 1. The van der Waals surface area contributed by atoms with Gasteiger partial charge in [0, 0.05) is 5.92 Å². The highest BCUT2D eigenvalue weighted by Crippen LogP contribution is 2.51. The van der Waals surface area contributed by atoms with E-state index in [4.69, 9.17) is 0 Å². The molecule has 1 heterocycles. The molecule has 2 aromatic rings. The molecule has 26 heavy (non-hydrogen) atoms. The topological polar surface area (TPSA) is 68.3 Å². The van der Waals surface area contributed by atoms with E-state index in [2.05, 4.69) is 15.0 Å². The molecule has 0 radical (unpaired) electrons. The third-order valence-electron chi connectivity index (χ3n) is 4.19. The summed E-state index contributed by atoms with van der Waals surface area (Å²) >= 11 is 0.973. The first-order chi connectivity index (χ1) is 12.2. The maximum absolute atomic E-state index is 13.1. The van der Waals surface area contributed by atoms with Crippen molar-refractivity contribution in [2.24, 2.45) is 5.92 Å². The monoisotopic (exact) mass is 384 g/mol. The highest BCUT2D eigenvalue weighted by atomic mass is 32.1. The number of rotatable bonds is 4. The minimum Gasteiger partial charge on any atom is -0.465 e. The fraction of sp³-hybridized carbons (Fsp3) is 0.353. The smallest absolute Gasteiger partial charge is 0.416 e. The van der Waals surface area contributed by atoms with Gasteiger partial charge in [0.1, 0.15) is 4.88 Å². The van der Waals surface area contributed by atoms with E-state index in [1.807, 2.05) is 0 Å². The number of thiazole rings is 1. The lowest BCUT2D eigenvalue weighted by atomic mass is 10.0. The summed E-state index contributed by atoms with van der Waals surface area (Å²) in [6.45, 7) is 1.61. The quantitative estimate of drug-likeness (QED) is 0.809. The Bertz CT molecular complexity index is 863. The molecule has 1 aromatic heterocycles. The number of aromatic nitrogens is 1. The normalized spacial score (nSPS) is 19.1. The Labute approximate surface area is 151 Å². The number of nitrogens with zero attached hydrogens (tertiary/aromatic N) is 1. The minimum atomic E-state index is -4.46. The van der Waals surface area contributed by atoms with Crippen LogP contribution < -0.4 is 5.32 Å². The van der Waals surface area contributed by atoms with E-state index in [1.165, 1.54) is 25.3 Å². The molecule has 1 N–H and O–H groups in total. The molecular formula is C17H15F3N2O3S. The molecule has 0 unspecified atom stereocenters. The first kappa shape index (κ1) is 18.4. The number of benzene rings is 1. The van der Waals surface area contributed by atoms with E-state index < -0.39 is 35.5 Å². The van der Waals surface area contributed by atoms with Crippen LogP contribution in [0.4, 0.5) is 18.3 Å². The Hall–Kier alpha value is -2.42. The molecule has 1 fully saturated rings. The number of hydrogen-bond donors (Lipinski definition) is 1. The van der Waals surface area contributed by atoms with Crippen LogP contribution >= 0.6 is 11.3 Å². The zero-order valence-electron chi connectivity index (χ0n) is 13.9. The second-order valence-corrected chi connectivity index (χ2v) is 6.95. The molecule has 1 aliphatic carbocycles. The summed E-state index contributed by atoms with van der Waals surface area (Å²) in [4.78, 5) is 28.3. The Balaban J connectivity index is 1.72. The lowest BCUT2D eigenvalue weighted by molar-refractivity contribution is -0.138. The Morgan fingerprint density at radius 1 is 1.31 bits per heavy atom. The van der Waals surface area contributed by atoms with Crippen molar-refractivity contribution in [2.75, 3.05) is 12.4 Å². The zero-order chi connectivity index (χ0) is 19.1. The summed E-state index contributed by atoms with van der Waals surface area (Å²) < 4.78 is 44.0. The Morgan fingerprint density at radius 2 is 2.00 bits per heavy atom. The number of ether oxygens (including phenoxy) is 1. The number of halogens is 3. The van der Waals surface area contributed by atoms with Crippen molar-refractivity contribution < 1.29 is 27.5 Å². The number of carbonyl (C=O) groups is 2. The first-order valence-electron chi connectivity index (χ1n) is 7.75. The summed E-state index contributed by atoms with van der Waals surface area (Å²) in [5.41, 5.74) is -0.156. The van der Waals surface area contributed by atoms with Crippen LogP contribution in [0.3, 0.4) is 0 Å². The molecule has 1 aromatic carbocycles. The molecule has 3 rings (SSSR count). The minimum absolute atomic E-state index is 0.130. The first-order valence-corrected chi connectivity index (χ1v) is 8.56. The fourth-order valence-corrected chi connectivity index (χ4v) is 3.72. The van der Waals surface area contributed by atoms with Gasteiger partial charge in [0.2, 0.25) is 5.91 Å². The predicted octanol–water partition coefficient (Wildman–Crippen LogP) is 4.00. The van der Waals surface area contributed by atoms with E-state index >= 15 is 0 Å². The SMILES string of the molecule is COC(=O)c1sc(NC(=O)[C@@H]2C[C@@H]2c2ccccc2C(F)(F)F)nc1C. The number of nitrogens with one attached hydrogen (secondary N) is 1. The lowest BCUT2D eigenvalue weighted by Gasteiger charge is -2.12. The van der Waals surface area contributed by atoms with Crippen molar-refractivity contribution in [3.05, 3.63) is 46.0 Å². The van der Waals surface area contributed by atoms with Crippen LogP contribution in [0.2, 0.25) is 0 Å². The highest BCUT2D eigenvalue weighted by Gasteiger charge is 2.48. The molecule has 1 saturated carbocycles. The molecule has 5 nitrogen and oxygen atoms in total. The molecule has 2 atom stereocenters. The third-order valence-corrected chi connectivity index (χ3v) is 5.24. The number of amides is 1. The fourth-order valence-electron chi connectivity index (χ4n) is 2.84. The Morgan fingerprint density at radius 3 is 2.65 bits per heavy atom. The van der Waals surface area contributed by atoms with Gasteiger partial charge < -0.3 is 10.1 Å². The largest absolute Gasteiger partial charge is 0.465 e. The van der Waals surface area contributed by atoms with Crippen LogP contribution in [0.25, 0.3) is 0 Å². The van der Waals surface area contributed by atoms with Crippen molar-refractivity contribution in [3.63, 3.8) is 0 Å². The van der Waals surface area contributed by atoms with Crippen LogP contribution in [0.1, 0.15) is 38.8 Å². The van der Waals surface area contributed by atoms with Gasteiger partial charge in [0.25, 0.3) is 0 Å². The third kappa shape index (κ3) is 3.57. The Kier molecular flexibility index (Phi) is 4.74. The van der Waals surface area contributed by atoms with Gasteiger partial charge in [-0.15, -0.1) is 0 Å². The van der Waals surface area contributed by atoms with Crippen LogP contribution in [0.5, 0.6) is 0 Å². The second kappa shape index (κ2) is 6.71. The number of methoxy groups -OCH3 is 1. The summed E-state index contributed by atoms with van der Waals surface area (Å²) in [7, 11) is 1.24. The van der Waals surface area contributed by atoms with Crippen LogP contribution in [-0.4, -0.2) is 24.0 Å². The molecule has 138 valence electrons. The second-order valence-electron chi connectivity index (χ2n) is 5.95. The molecule has 0 bridgehead atoms. The molecule has 0 spiro atoms. The maximum atomic E-state index is 13.1. The molecule has 1 amide bonds. The van der Waals surface area contributed by atoms with Gasteiger partial charge in [-0.2, -0.15) is 13.2 Å². The van der Waals surface area contributed by atoms with Crippen LogP contribution in [-0.2, 0) is 15.7 Å². The van der Waals surface area contributed by atoms with E-state index in [-0.39, 0.29) is 15.6 Å². The van der Waals surface area contributed by atoms with E-state index in [1.54, 1.807) is 6.92 Å². The van der Waals surface area contributed by atoms with Gasteiger partial charge in [-0.1, -0.05) is 29.5 Å². The predicted molar refractivity (Wildman–Crippen MR) is 89.1 cm³/mol. The van der Waals surface area contributed by atoms with Crippen molar-refractivity contribution in [3.8, 4) is 0 Å². The average molecular weight is 384 g/mol. The maximum Gasteiger partial charge on any atom is 0.416 e. The van der Waals surface area contributed by atoms with Gasteiger partial charge in [-0.25, -0.2) is 9.78 Å². The van der Waals surface area contributed by atoms with Gasteiger partial charge >= 0.3 is 12.1 Å². The number of anilines is 1. The van der Waals surface area contributed by atoms with Crippen molar-refractivity contribution in [2.45, 2.75) is 25.4 Å². The number of alkyl halides is 3. The van der Waals surface area contributed by atoms with Crippen molar-refractivity contribution in [1.29, 1.82) is 0 Å². The van der Waals surface area contributed by atoms with Gasteiger partial charge in [-0.05, 0) is 30.9 Å². The van der Waals surface area contributed by atoms with Crippen LogP contribution in [0, 0.1) is 12.8 Å². The van der Waals surface area contributed by atoms with E-state index in [0.29, 0.717) is 12.1 Å². The summed E-state index contributed by atoms with van der Waals surface area (Å²) in [6, 6.07) is 5.29. The summed E-state index contributed by atoms with van der Waals surface area (Å²) in [5.74, 6) is -1.99. The van der Waals surface area contributed by atoms with Crippen molar-refractivity contribution >= 4 is 28.3 Å². The van der Waals surface area contributed by atoms with E-state index in [0.717, 1.165) is 17.4 Å². The lowest BCUT2D eigenvalue weighted by Crippen LogP contribution is -2.15. The van der Waals surface area contributed by atoms with E-state index in [9.17, 15) is 22.8 Å². The summed E-state index contributed by atoms with van der Waals surface area (Å²) in [6.07, 6.45) is -4.12. The standard InChI is InChI=1S/C17H15F3N2O3S/c1-8-13(15(24)25-2)26-16(21-8)22-14(23)11-7-10(11)9-5-3-4-6-12(9)17(18,19)20/h3-6,10-11H,7H2,1-2H3,(H,21,22,23)/t10-,11-/m1/s1. The van der Waals surface area contributed by atoms with Gasteiger partial charge in [0.05, 0.1) is 18.4 Å². The zero-order valence-corrected chi connectivity index (χ0v) is 14.7. The molecule has 1 aliphatic rings. The number of esters is 1. The molecular weight excluding hydrogens is 369 g/mol. The van der Waals surface area contributed by atoms with Gasteiger partial charge in [-0.3, -0.25) is 4.79 Å². The number of hydrogen-bond acceptors (Lipinski definition) is 5.